The second-order valence-electron chi connectivity index (χ2n) is 7.16. The Morgan fingerprint density at radius 2 is 1.74 bits per heavy atom. The van der Waals surface area contributed by atoms with Crippen LogP contribution in [0, 0.1) is 0 Å². The monoisotopic (exact) mass is 437 g/mol. The van der Waals surface area contributed by atoms with Crippen LogP contribution in [-0.4, -0.2) is 24.1 Å². The van der Waals surface area contributed by atoms with Crippen molar-refractivity contribution in [2.75, 3.05) is 18.5 Å². The lowest BCUT2D eigenvalue weighted by atomic mass is 10.0. The van der Waals surface area contributed by atoms with Crippen LogP contribution in [0.5, 0.6) is 0 Å². The third-order valence-electron chi connectivity index (χ3n) is 5.17. The number of rotatable bonds is 6. The molecule has 4 aromatic rings. The standard InChI is InChI=1S/C24H23N3O3.ClH/c1-26(20-8-3-2-4-9-20)23(28)16-27-21-15-19(10-11-22(21)30-24(27)29)18-7-5-6-17(14-18)12-13-25;/h2-11,14-15H,12-13,16,25H2,1H3;1H. The van der Waals surface area contributed by atoms with E-state index in [1.54, 1.807) is 13.1 Å². The predicted molar refractivity (Wildman–Crippen MR) is 126 cm³/mol. The number of carbonyl (C=O) groups is 1. The highest BCUT2D eigenvalue weighted by atomic mass is 35.5. The van der Waals surface area contributed by atoms with Crippen molar-refractivity contribution in [2.24, 2.45) is 5.73 Å². The molecule has 0 fully saturated rings. The molecule has 0 bridgehead atoms. The van der Waals surface area contributed by atoms with E-state index in [0.717, 1.165) is 28.8 Å². The second-order valence-corrected chi connectivity index (χ2v) is 7.16. The number of likely N-dealkylation sites (N-methyl/N-ethyl adjacent to an activating group) is 1. The minimum Gasteiger partial charge on any atom is -0.408 e. The largest absolute Gasteiger partial charge is 0.420 e. The minimum atomic E-state index is -0.547. The number of anilines is 1. The van der Waals surface area contributed by atoms with Crippen LogP contribution >= 0.6 is 12.4 Å². The fraction of sp³-hybridized carbons (Fsp3) is 0.167. The molecule has 31 heavy (non-hydrogen) atoms. The average molecular weight is 438 g/mol. The number of oxazole rings is 1. The van der Waals surface area contributed by atoms with Crippen molar-refractivity contribution in [1.29, 1.82) is 0 Å². The molecule has 0 unspecified atom stereocenters. The Labute approximate surface area is 186 Å². The normalized spacial score (nSPS) is 10.6. The molecule has 0 aliphatic rings. The van der Waals surface area contributed by atoms with Crippen molar-refractivity contribution < 1.29 is 9.21 Å². The molecule has 0 saturated heterocycles. The molecule has 0 aliphatic carbocycles. The average Bonchev–Trinajstić information content (AvgIpc) is 3.08. The van der Waals surface area contributed by atoms with E-state index < -0.39 is 5.76 Å². The zero-order chi connectivity index (χ0) is 21.1. The van der Waals surface area contributed by atoms with Gasteiger partial charge in [0.05, 0.1) is 5.52 Å². The fourth-order valence-corrected chi connectivity index (χ4v) is 3.50. The number of hydrogen-bond acceptors (Lipinski definition) is 4. The number of hydrogen-bond donors (Lipinski definition) is 1. The highest BCUT2D eigenvalue weighted by molar-refractivity contribution is 5.93. The summed E-state index contributed by atoms with van der Waals surface area (Å²) in [6.07, 6.45) is 0.798. The van der Waals surface area contributed by atoms with Crippen molar-refractivity contribution in [3.05, 3.63) is 88.9 Å². The molecule has 6 nitrogen and oxygen atoms in total. The van der Waals surface area contributed by atoms with Gasteiger partial charge in [-0.15, -0.1) is 12.4 Å². The molecule has 0 aliphatic heterocycles. The van der Waals surface area contributed by atoms with Crippen LogP contribution in [0.3, 0.4) is 0 Å². The summed E-state index contributed by atoms with van der Waals surface area (Å²) in [6, 6.07) is 23.0. The zero-order valence-electron chi connectivity index (χ0n) is 17.2. The van der Waals surface area contributed by atoms with Crippen LogP contribution in [0.1, 0.15) is 5.56 Å². The lowest BCUT2D eigenvalue weighted by Gasteiger charge is -2.17. The number of nitrogens with two attached hydrogens (primary N) is 1. The Kier molecular flexibility index (Phi) is 6.95. The van der Waals surface area contributed by atoms with E-state index in [9.17, 15) is 9.59 Å². The first-order valence-corrected chi connectivity index (χ1v) is 9.81. The Morgan fingerprint density at radius 3 is 2.48 bits per heavy atom. The number of nitrogens with zero attached hydrogens (tertiary/aromatic N) is 2. The first-order chi connectivity index (χ1) is 14.6. The van der Waals surface area contributed by atoms with Gasteiger partial charge in [-0.25, -0.2) is 4.79 Å². The van der Waals surface area contributed by atoms with Crippen molar-refractivity contribution >= 4 is 35.1 Å². The summed E-state index contributed by atoms with van der Waals surface area (Å²) in [5, 5.41) is 0. The molecule has 0 spiro atoms. The highest BCUT2D eigenvalue weighted by Crippen LogP contribution is 2.25. The molecule has 2 N–H and O–H groups in total. The maximum atomic E-state index is 12.8. The van der Waals surface area contributed by atoms with E-state index in [1.807, 2.05) is 60.7 Å². The Balaban J connectivity index is 0.00000272. The smallest absolute Gasteiger partial charge is 0.408 e. The molecule has 3 aromatic carbocycles. The van der Waals surface area contributed by atoms with Crippen LogP contribution in [0.15, 0.2) is 82.0 Å². The van der Waals surface area contributed by atoms with Crippen molar-refractivity contribution in [3.8, 4) is 11.1 Å². The molecule has 7 heteroatoms. The van der Waals surface area contributed by atoms with Crippen molar-refractivity contribution in [1.82, 2.24) is 4.57 Å². The maximum Gasteiger partial charge on any atom is 0.420 e. The number of halogens is 1. The van der Waals surface area contributed by atoms with Crippen LogP contribution in [-0.2, 0) is 17.8 Å². The number of fused-ring (bicyclic) bond motifs is 1. The maximum absolute atomic E-state index is 12.8. The molecule has 0 saturated carbocycles. The van der Waals surface area contributed by atoms with Gasteiger partial charge in [-0.2, -0.15) is 0 Å². The summed E-state index contributed by atoms with van der Waals surface area (Å²) in [4.78, 5) is 26.8. The molecule has 0 atom stereocenters. The van der Waals surface area contributed by atoms with Gasteiger partial charge in [0, 0.05) is 12.7 Å². The summed E-state index contributed by atoms with van der Waals surface area (Å²) < 4.78 is 6.74. The molecular weight excluding hydrogens is 414 g/mol. The van der Waals surface area contributed by atoms with E-state index in [0.29, 0.717) is 17.6 Å². The Morgan fingerprint density at radius 1 is 1.00 bits per heavy atom. The first-order valence-electron chi connectivity index (χ1n) is 9.81. The predicted octanol–water partition coefficient (Wildman–Crippen LogP) is 3.85. The van der Waals surface area contributed by atoms with Crippen LogP contribution in [0.4, 0.5) is 5.69 Å². The molecule has 1 heterocycles. The SMILES string of the molecule is CN(C(=O)Cn1c(=O)oc2ccc(-c3cccc(CCN)c3)cc21)c1ccccc1.Cl. The molecule has 1 amide bonds. The van der Waals surface area contributed by atoms with Gasteiger partial charge in [0.15, 0.2) is 5.58 Å². The van der Waals surface area contributed by atoms with Gasteiger partial charge in [-0.3, -0.25) is 9.36 Å². The number of aromatic nitrogens is 1. The number of carbonyl (C=O) groups excluding carboxylic acids is 1. The Hall–Kier alpha value is -3.35. The van der Waals surface area contributed by atoms with Gasteiger partial charge < -0.3 is 15.1 Å². The quantitative estimate of drug-likeness (QED) is 0.496. The Bertz CT molecular complexity index is 1250. The van der Waals surface area contributed by atoms with E-state index >= 15 is 0 Å². The fourth-order valence-electron chi connectivity index (χ4n) is 3.50. The molecular formula is C24H24ClN3O3. The minimum absolute atomic E-state index is 0. The van der Waals surface area contributed by atoms with Crippen molar-refractivity contribution in [2.45, 2.75) is 13.0 Å². The molecule has 1 aromatic heterocycles. The van der Waals surface area contributed by atoms with E-state index in [-0.39, 0.29) is 24.9 Å². The second kappa shape index (κ2) is 9.64. The number of amides is 1. The van der Waals surface area contributed by atoms with Gasteiger partial charge in [0.25, 0.3) is 0 Å². The van der Waals surface area contributed by atoms with E-state index in [2.05, 4.69) is 6.07 Å². The van der Waals surface area contributed by atoms with Gasteiger partial charge >= 0.3 is 5.76 Å². The third-order valence-corrected chi connectivity index (χ3v) is 5.17. The summed E-state index contributed by atoms with van der Waals surface area (Å²) in [6.45, 7) is 0.481. The third kappa shape index (κ3) is 4.71. The highest BCUT2D eigenvalue weighted by Gasteiger charge is 2.17. The first kappa shape index (κ1) is 22.3. The summed E-state index contributed by atoms with van der Waals surface area (Å²) in [7, 11) is 1.69. The van der Waals surface area contributed by atoms with Crippen LogP contribution in [0.2, 0.25) is 0 Å². The summed E-state index contributed by atoms with van der Waals surface area (Å²) >= 11 is 0. The topological polar surface area (TPSA) is 81.5 Å². The van der Waals surface area contributed by atoms with Crippen LogP contribution in [0.25, 0.3) is 22.2 Å². The zero-order valence-corrected chi connectivity index (χ0v) is 18.0. The van der Waals surface area contributed by atoms with Gasteiger partial charge in [-0.05, 0) is 53.9 Å². The van der Waals surface area contributed by atoms with Gasteiger partial charge in [0.1, 0.15) is 6.54 Å². The molecule has 4 rings (SSSR count). The van der Waals surface area contributed by atoms with Gasteiger partial charge in [-0.1, -0.05) is 48.5 Å². The number of benzene rings is 3. The van der Waals surface area contributed by atoms with E-state index in [4.69, 9.17) is 10.2 Å². The van der Waals surface area contributed by atoms with Crippen LogP contribution < -0.4 is 16.4 Å². The van der Waals surface area contributed by atoms with Crippen molar-refractivity contribution in [3.63, 3.8) is 0 Å². The molecule has 160 valence electrons. The number of para-hydroxylation sites is 1. The van der Waals surface area contributed by atoms with Gasteiger partial charge in [0.2, 0.25) is 5.91 Å². The van der Waals surface area contributed by atoms with E-state index in [1.165, 1.54) is 9.47 Å². The summed E-state index contributed by atoms with van der Waals surface area (Å²) in [5.41, 5.74) is 10.6. The lowest BCUT2D eigenvalue weighted by molar-refractivity contribution is -0.118. The molecule has 0 radical (unpaired) electrons. The summed E-state index contributed by atoms with van der Waals surface area (Å²) in [5.74, 6) is -0.754. The lowest BCUT2D eigenvalue weighted by Crippen LogP contribution is -2.32.